The highest BCUT2D eigenvalue weighted by Crippen LogP contribution is 2.68. The van der Waals surface area contributed by atoms with Crippen molar-refractivity contribution in [2.75, 3.05) is 13.7 Å². The summed E-state index contributed by atoms with van der Waals surface area (Å²) in [6.45, 7) is 8.66. The quantitative estimate of drug-likeness (QED) is 0.442. The molecule has 3 heterocycles. The summed E-state index contributed by atoms with van der Waals surface area (Å²) in [5.74, 6) is -2.94. The maximum atomic E-state index is 12.1. The van der Waals surface area contributed by atoms with E-state index in [1.54, 1.807) is 7.11 Å². The lowest BCUT2D eigenvalue weighted by Gasteiger charge is -2.54. The lowest BCUT2D eigenvalue weighted by Crippen LogP contribution is -2.75. The molecule has 8 nitrogen and oxygen atoms in total. The number of fused-ring (bicyclic) bond motifs is 4. The number of methoxy groups -OCH3 is 1. The molecule has 0 bridgehead atoms. The van der Waals surface area contributed by atoms with Crippen molar-refractivity contribution in [3.63, 3.8) is 0 Å². The minimum absolute atomic E-state index is 0.000851. The van der Waals surface area contributed by atoms with Gasteiger partial charge in [-0.15, -0.1) is 0 Å². The zero-order valence-corrected chi connectivity index (χ0v) is 20.7. The van der Waals surface area contributed by atoms with Crippen LogP contribution in [-0.2, 0) is 18.9 Å². The molecule has 0 spiro atoms. The van der Waals surface area contributed by atoms with E-state index in [1.807, 2.05) is 0 Å². The average Bonchev–Trinajstić information content (AvgIpc) is 3.27. The highest BCUT2D eigenvalue weighted by atomic mass is 16.7. The molecular formula is C26H38O8. The molecule has 4 fully saturated rings. The van der Waals surface area contributed by atoms with Crippen LogP contribution in [0.1, 0.15) is 53.4 Å². The van der Waals surface area contributed by atoms with E-state index in [-0.39, 0.29) is 17.9 Å². The van der Waals surface area contributed by atoms with E-state index >= 15 is 0 Å². The average molecular weight is 479 g/mol. The first kappa shape index (κ1) is 23.4. The van der Waals surface area contributed by atoms with E-state index in [1.165, 1.54) is 17.4 Å². The highest BCUT2D eigenvalue weighted by Gasteiger charge is 2.79. The minimum Gasteiger partial charge on any atom is -0.464 e. The normalized spacial score (nSPS) is 55.8. The molecule has 8 heteroatoms. The zero-order chi connectivity index (χ0) is 24.4. The smallest absolute Gasteiger partial charge is 0.270 e. The van der Waals surface area contributed by atoms with Gasteiger partial charge in [-0.05, 0) is 37.0 Å². The lowest BCUT2D eigenvalue weighted by atomic mass is 9.52. The van der Waals surface area contributed by atoms with Crippen LogP contribution in [-0.4, -0.2) is 76.2 Å². The van der Waals surface area contributed by atoms with Gasteiger partial charge in [-0.3, -0.25) is 0 Å². The fourth-order valence-corrected chi connectivity index (χ4v) is 8.48. The molecule has 2 saturated carbocycles. The number of aliphatic hydroxyl groups is 4. The van der Waals surface area contributed by atoms with Crippen LogP contribution in [0.2, 0.25) is 0 Å². The van der Waals surface area contributed by atoms with Crippen molar-refractivity contribution < 1.29 is 39.4 Å². The van der Waals surface area contributed by atoms with E-state index in [0.29, 0.717) is 11.5 Å². The third kappa shape index (κ3) is 2.48. The van der Waals surface area contributed by atoms with Crippen LogP contribution in [0.3, 0.4) is 0 Å². The molecule has 4 N–H and O–H groups in total. The van der Waals surface area contributed by atoms with Crippen LogP contribution in [0, 0.1) is 28.6 Å². The Bertz CT molecular complexity index is 960. The molecule has 3 aliphatic carbocycles. The molecular weight excluding hydrogens is 440 g/mol. The van der Waals surface area contributed by atoms with Crippen LogP contribution in [0.15, 0.2) is 23.0 Å². The van der Waals surface area contributed by atoms with Crippen molar-refractivity contribution in [3.05, 3.63) is 23.0 Å². The van der Waals surface area contributed by atoms with E-state index in [0.717, 1.165) is 25.7 Å². The SMILES string of the molecule is COC1C2=COC3(O)C(O)COC4OC(C2C43O)C2(C)CCC3(C)CCC(C(C)C)=C3C2C1O. The first-order valence-electron chi connectivity index (χ1n) is 12.7. The Morgan fingerprint density at radius 2 is 1.82 bits per heavy atom. The Kier molecular flexibility index (Phi) is 4.86. The summed E-state index contributed by atoms with van der Waals surface area (Å²) in [6.07, 6.45) is 0.354. The van der Waals surface area contributed by atoms with Crippen LogP contribution in [0.25, 0.3) is 0 Å². The topological polar surface area (TPSA) is 118 Å². The summed E-state index contributed by atoms with van der Waals surface area (Å²) in [7, 11) is 1.55. The van der Waals surface area contributed by atoms with Gasteiger partial charge in [-0.1, -0.05) is 38.8 Å². The second-order valence-electron chi connectivity index (χ2n) is 12.3. The second kappa shape index (κ2) is 7.06. The Labute approximate surface area is 200 Å². The molecule has 6 rings (SSSR count). The third-order valence-corrected chi connectivity index (χ3v) is 10.3. The molecule has 0 aromatic carbocycles. The van der Waals surface area contributed by atoms with Gasteiger partial charge < -0.3 is 39.4 Å². The summed E-state index contributed by atoms with van der Waals surface area (Å²) in [6, 6.07) is 0. The summed E-state index contributed by atoms with van der Waals surface area (Å²) in [5, 5.41) is 46.1. The van der Waals surface area contributed by atoms with Gasteiger partial charge in [0.2, 0.25) is 0 Å². The number of rotatable bonds is 2. The largest absolute Gasteiger partial charge is 0.464 e. The van der Waals surface area contributed by atoms with Crippen LogP contribution >= 0.6 is 0 Å². The molecule has 11 unspecified atom stereocenters. The van der Waals surface area contributed by atoms with Gasteiger partial charge in [-0.25, -0.2) is 0 Å². The fraction of sp³-hybridized carbons (Fsp3) is 0.846. The van der Waals surface area contributed by atoms with Gasteiger partial charge in [0.05, 0.1) is 31.0 Å². The molecule has 0 aromatic heterocycles. The van der Waals surface area contributed by atoms with Crippen molar-refractivity contribution in [3.8, 4) is 0 Å². The fourth-order valence-electron chi connectivity index (χ4n) is 8.48. The highest BCUT2D eigenvalue weighted by molar-refractivity contribution is 5.41. The summed E-state index contributed by atoms with van der Waals surface area (Å²) in [4.78, 5) is 0. The van der Waals surface area contributed by atoms with Crippen LogP contribution < -0.4 is 0 Å². The first-order valence-corrected chi connectivity index (χ1v) is 12.7. The second-order valence-corrected chi connectivity index (χ2v) is 12.3. The van der Waals surface area contributed by atoms with E-state index in [2.05, 4.69) is 27.7 Å². The number of hydrogen-bond donors (Lipinski definition) is 4. The Morgan fingerprint density at radius 1 is 1.09 bits per heavy atom. The van der Waals surface area contributed by atoms with Crippen molar-refractivity contribution in [1.82, 2.24) is 0 Å². The molecule has 2 saturated heterocycles. The number of ether oxygens (including phenoxy) is 4. The van der Waals surface area contributed by atoms with Gasteiger partial charge in [0.1, 0.15) is 12.2 Å². The standard InChI is InChI=1S/C26H38O8/c1-12(2)13-6-7-23(3)8-9-24(4)18(16(13)23)19(28)20(31-5)14-10-33-26(30)15(27)11-32-22-25(26,29)17(14)21(24)34-22/h10,12,15,17-22,27-30H,6-9,11H2,1-5H3. The first-order chi connectivity index (χ1) is 15.9. The van der Waals surface area contributed by atoms with Gasteiger partial charge in [-0.2, -0.15) is 0 Å². The predicted octanol–water partition coefficient (Wildman–Crippen LogP) is 1.61. The Balaban J connectivity index is 1.59. The molecule has 6 aliphatic rings. The van der Waals surface area contributed by atoms with Gasteiger partial charge >= 0.3 is 0 Å². The monoisotopic (exact) mass is 478 g/mol. The van der Waals surface area contributed by atoms with Crippen molar-refractivity contribution in [2.45, 2.75) is 95.5 Å². The zero-order valence-electron chi connectivity index (χ0n) is 20.7. The summed E-state index contributed by atoms with van der Waals surface area (Å²) >= 11 is 0. The van der Waals surface area contributed by atoms with Crippen LogP contribution in [0.4, 0.5) is 0 Å². The predicted molar refractivity (Wildman–Crippen MR) is 120 cm³/mol. The van der Waals surface area contributed by atoms with Crippen molar-refractivity contribution in [1.29, 1.82) is 0 Å². The Morgan fingerprint density at radius 3 is 2.50 bits per heavy atom. The van der Waals surface area contributed by atoms with Gasteiger partial charge in [0.15, 0.2) is 11.9 Å². The molecule has 0 amide bonds. The van der Waals surface area contributed by atoms with Gasteiger partial charge in [0.25, 0.3) is 5.79 Å². The number of allylic oxidation sites excluding steroid dienone is 1. The van der Waals surface area contributed by atoms with Crippen molar-refractivity contribution in [2.24, 2.45) is 28.6 Å². The molecule has 3 aliphatic heterocycles. The number of aliphatic hydroxyl groups excluding tert-OH is 2. The molecule has 190 valence electrons. The molecule has 0 radical (unpaired) electrons. The number of hydrogen-bond acceptors (Lipinski definition) is 8. The molecule has 0 aromatic rings. The van der Waals surface area contributed by atoms with E-state index in [4.69, 9.17) is 18.9 Å². The maximum absolute atomic E-state index is 12.1. The third-order valence-electron chi connectivity index (χ3n) is 10.3. The van der Waals surface area contributed by atoms with E-state index in [9.17, 15) is 20.4 Å². The van der Waals surface area contributed by atoms with Crippen molar-refractivity contribution >= 4 is 0 Å². The lowest BCUT2D eigenvalue weighted by molar-refractivity contribution is -0.401. The van der Waals surface area contributed by atoms with Crippen LogP contribution in [0.5, 0.6) is 0 Å². The molecule has 34 heavy (non-hydrogen) atoms. The molecule has 11 atom stereocenters. The van der Waals surface area contributed by atoms with E-state index < -0.39 is 53.4 Å². The summed E-state index contributed by atoms with van der Waals surface area (Å²) in [5.41, 5.74) is 0.649. The van der Waals surface area contributed by atoms with Gasteiger partial charge in [0, 0.05) is 24.0 Å². The maximum Gasteiger partial charge on any atom is 0.270 e. The summed E-state index contributed by atoms with van der Waals surface area (Å²) < 4.78 is 23.8. The minimum atomic E-state index is -2.28. The Hall–Kier alpha value is -1.00.